The molecule has 1 heterocycles. The SMILES string of the molecule is CC1OC(C)P(c2ccccc2)C(C)O1. The first kappa shape index (κ1) is 11.1. The summed E-state index contributed by atoms with van der Waals surface area (Å²) in [6.45, 7) is 6.26. The van der Waals surface area contributed by atoms with Crippen molar-refractivity contribution in [3.05, 3.63) is 30.3 Å². The lowest BCUT2D eigenvalue weighted by atomic mass is 10.4. The fourth-order valence-corrected chi connectivity index (χ4v) is 4.59. The summed E-state index contributed by atoms with van der Waals surface area (Å²) in [4.78, 5) is 0. The fraction of sp³-hybridized carbons (Fsp3) is 0.500. The van der Waals surface area contributed by atoms with E-state index in [1.54, 1.807) is 0 Å². The first-order chi connectivity index (χ1) is 7.18. The van der Waals surface area contributed by atoms with E-state index in [4.69, 9.17) is 9.47 Å². The van der Waals surface area contributed by atoms with Gasteiger partial charge in [-0.2, -0.15) is 0 Å². The van der Waals surface area contributed by atoms with Crippen molar-refractivity contribution in [1.29, 1.82) is 0 Å². The van der Waals surface area contributed by atoms with E-state index >= 15 is 0 Å². The minimum Gasteiger partial charge on any atom is -0.345 e. The van der Waals surface area contributed by atoms with Gasteiger partial charge in [0.15, 0.2) is 6.29 Å². The third-order valence-corrected chi connectivity index (χ3v) is 5.32. The number of hydrogen-bond donors (Lipinski definition) is 0. The van der Waals surface area contributed by atoms with Crippen molar-refractivity contribution in [2.24, 2.45) is 0 Å². The topological polar surface area (TPSA) is 18.5 Å². The van der Waals surface area contributed by atoms with E-state index in [-0.39, 0.29) is 25.9 Å². The van der Waals surface area contributed by atoms with Crippen LogP contribution in [0.4, 0.5) is 0 Å². The zero-order chi connectivity index (χ0) is 10.8. The van der Waals surface area contributed by atoms with E-state index in [1.807, 2.05) is 13.0 Å². The second-order valence-corrected chi connectivity index (χ2v) is 6.57. The second kappa shape index (κ2) is 4.61. The Balaban J connectivity index is 2.21. The molecule has 2 nitrogen and oxygen atoms in total. The fourth-order valence-electron chi connectivity index (χ4n) is 2.03. The van der Waals surface area contributed by atoms with Crippen molar-refractivity contribution in [2.45, 2.75) is 38.8 Å². The number of rotatable bonds is 1. The monoisotopic (exact) mass is 224 g/mol. The average molecular weight is 224 g/mol. The highest BCUT2D eigenvalue weighted by Crippen LogP contribution is 2.49. The largest absolute Gasteiger partial charge is 0.345 e. The van der Waals surface area contributed by atoms with Gasteiger partial charge in [-0.1, -0.05) is 30.3 Å². The normalized spacial score (nSPS) is 36.5. The van der Waals surface area contributed by atoms with Crippen LogP contribution in [-0.4, -0.2) is 18.0 Å². The van der Waals surface area contributed by atoms with E-state index < -0.39 is 0 Å². The zero-order valence-electron chi connectivity index (χ0n) is 9.38. The van der Waals surface area contributed by atoms with Crippen molar-refractivity contribution in [1.82, 2.24) is 0 Å². The van der Waals surface area contributed by atoms with Gasteiger partial charge in [0.25, 0.3) is 0 Å². The van der Waals surface area contributed by atoms with Crippen molar-refractivity contribution >= 4 is 13.2 Å². The molecule has 0 N–H and O–H groups in total. The summed E-state index contributed by atoms with van der Waals surface area (Å²) in [5.41, 5.74) is 0. The summed E-state index contributed by atoms with van der Waals surface area (Å²) in [6, 6.07) is 10.5. The van der Waals surface area contributed by atoms with Gasteiger partial charge in [0.2, 0.25) is 0 Å². The van der Waals surface area contributed by atoms with Crippen molar-refractivity contribution in [3.8, 4) is 0 Å². The van der Waals surface area contributed by atoms with E-state index in [9.17, 15) is 0 Å². The molecule has 82 valence electrons. The molecule has 0 radical (unpaired) electrons. The Morgan fingerprint density at radius 3 is 2.00 bits per heavy atom. The zero-order valence-corrected chi connectivity index (χ0v) is 10.3. The second-order valence-electron chi connectivity index (χ2n) is 3.78. The van der Waals surface area contributed by atoms with Crippen LogP contribution in [0.1, 0.15) is 20.8 Å². The molecule has 0 aromatic heterocycles. The van der Waals surface area contributed by atoms with E-state index in [1.165, 1.54) is 5.30 Å². The molecule has 1 fully saturated rings. The minimum absolute atomic E-state index is 0.0718. The molecule has 1 aromatic carbocycles. The molecule has 15 heavy (non-hydrogen) atoms. The van der Waals surface area contributed by atoms with Gasteiger partial charge in [-0.15, -0.1) is 0 Å². The highest BCUT2D eigenvalue weighted by atomic mass is 31.1. The maximum Gasteiger partial charge on any atom is 0.156 e. The molecular weight excluding hydrogens is 207 g/mol. The highest BCUT2D eigenvalue weighted by molar-refractivity contribution is 7.66. The molecule has 2 rings (SSSR count). The lowest BCUT2D eigenvalue weighted by molar-refractivity contribution is -0.159. The van der Waals surface area contributed by atoms with Gasteiger partial charge in [0.1, 0.15) is 0 Å². The predicted octanol–water partition coefficient (Wildman–Crippen LogP) is 2.88. The molecule has 1 saturated heterocycles. The van der Waals surface area contributed by atoms with E-state index in [0.29, 0.717) is 0 Å². The van der Waals surface area contributed by atoms with Gasteiger partial charge >= 0.3 is 0 Å². The summed E-state index contributed by atoms with van der Waals surface area (Å²) in [6.07, 6.45) is -0.0718. The Morgan fingerprint density at radius 2 is 1.47 bits per heavy atom. The van der Waals surface area contributed by atoms with Crippen LogP contribution in [0.3, 0.4) is 0 Å². The van der Waals surface area contributed by atoms with E-state index in [2.05, 4.69) is 38.1 Å². The summed E-state index contributed by atoms with van der Waals surface area (Å²) < 4.78 is 11.5. The minimum atomic E-state index is -0.360. The molecule has 0 spiro atoms. The van der Waals surface area contributed by atoms with Crippen molar-refractivity contribution in [3.63, 3.8) is 0 Å². The molecule has 2 atom stereocenters. The van der Waals surface area contributed by atoms with Crippen molar-refractivity contribution < 1.29 is 9.47 Å². The van der Waals surface area contributed by atoms with Crippen LogP contribution >= 0.6 is 7.92 Å². The van der Waals surface area contributed by atoms with Crippen LogP contribution in [0, 0.1) is 0 Å². The quantitative estimate of drug-likeness (QED) is 0.683. The first-order valence-electron chi connectivity index (χ1n) is 5.33. The Hall–Kier alpha value is -0.430. The maximum atomic E-state index is 5.73. The van der Waals surface area contributed by atoms with Gasteiger partial charge in [0, 0.05) is 0 Å². The molecule has 2 unspecified atom stereocenters. The van der Waals surface area contributed by atoms with Crippen LogP contribution in [0.5, 0.6) is 0 Å². The smallest absolute Gasteiger partial charge is 0.156 e. The third-order valence-electron chi connectivity index (χ3n) is 2.61. The average Bonchev–Trinajstić information content (AvgIpc) is 2.17. The van der Waals surface area contributed by atoms with Crippen molar-refractivity contribution in [2.75, 3.05) is 0 Å². The number of ether oxygens (including phenoxy) is 2. The molecule has 1 aromatic rings. The number of benzene rings is 1. The summed E-state index contributed by atoms with van der Waals surface area (Å²) in [5, 5.41) is 1.36. The molecule has 1 aliphatic rings. The molecule has 3 heteroatoms. The predicted molar refractivity (Wildman–Crippen MR) is 63.6 cm³/mol. The van der Waals surface area contributed by atoms with Gasteiger partial charge < -0.3 is 9.47 Å². The summed E-state index contributed by atoms with van der Waals surface area (Å²) >= 11 is 0. The van der Waals surface area contributed by atoms with Gasteiger partial charge in [-0.25, -0.2) is 0 Å². The number of hydrogen-bond acceptors (Lipinski definition) is 2. The molecule has 1 aliphatic heterocycles. The Morgan fingerprint density at radius 1 is 0.933 bits per heavy atom. The van der Waals surface area contributed by atoms with E-state index in [0.717, 1.165) is 0 Å². The molecule has 0 saturated carbocycles. The lowest BCUT2D eigenvalue weighted by Gasteiger charge is -2.38. The molecular formula is C12H17O2P. The highest BCUT2D eigenvalue weighted by Gasteiger charge is 2.33. The standard InChI is InChI=1S/C12H17O2P/c1-9-13-10(2)15(11(3)14-9)12-7-5-4-6-8-12/h4-11H,1-3H3. The molecule has 0 bridgehead atoms. The molecule has 0 amide bonds. The van der Waals surface area contributed by atoms with Crippen LogP contribution in [0.2, 0.25) is 0 Å². The summed E-state index contributed by atoms with van der Waals surface area (Å²) in [7, 11) is -0.360. The Labute approximate surface area is 92.3 Å². The van der Waals surface area contributed by atoms with Gasteiger partial charge in [-0.3, -0.25) is 0 Å². The lowest BCUT2D eigenvalue weighted by Crippen LogP contribution is -2.34. The summed E-state index contributed by atoms with van der Waals surface area (Å²) in [5.74, 6) is 0.558. The Bertz CT molecular complexity index is 303. The van der Waals surface area contributed by atoms with Crippen LogP contribution < -0.4 is 5.30 Å². The van der Waals surface area contributed by atoms with Gasteiger partial charge in [-0.05, 0) is 34.0 Å². The van der Waals surface area contributed by atoms with Gasteiger partial charge in [0.05, 0.1) is 11.7 Å². The molecule has 0 aliphatic carbocycles. The van der Waals surface area contributed by atoms with Crippen LogP contribution in [0.25, 0.3) is 0 Å². The first-order valence-corrected chi connectivity index (χ1v) is 6.81. The Kier molecular flexibility index (Phi) is 3.40. The van der Waals surface area contributed by atoms with Crippen LogP contribution in [0.15, 0.2) is 30.3 Å². The third kappa shape index (κ3) is 2.39. The van der Waals surface area contributed by atoms with Crippen LogP contribution in [-0.2, 0) is 9.47 Å². The maximum absolute atomic E-state index is 5.73.